The second kappa shape index (κ2) is 13.5. The lowest BCUT2D eigenvalue weighted by Gasteiger charge is -2.42. The third-order valence-corrected chi connectivity index (χ3v) is 11.6. The maximum absolute atomic E-state index is 14.9. The van der Waals surface area contributed by atoms with Gasteiger partial charge in [0.05, 0.1) is 12.0 Å². The van der Waals surface area contributed by atoms with Crippen molar-refractivity contribution < 1.29 is 14.4 Å². The lowest BCUT2D eigenvalue weighted by atomic mass is 9.75. The van der Waals surface area contributed by atoms with Crippen LogP contribution in [0.2, 0.25) is 5.02 Å². The van der Waals surface area contributed by atoms with Crippen molar-refractivity contribution in [2.75, 3.05) is 52.4 Å². The number of carbonyl (C=O) groups excluding carboxylic acids is 3. The Balaban J connectivity index is 1.45. The Labute approximate surface area is 276 Å². The number of likely N-dealkylation sites (N-methyl/N-ethyl adjacent to an activating group) is 1. The number of nitrogens with zero attached hydrogens (tertiary/aromatic N) is 5. The largest absolute Gasteiger partial charge is 0.338 e. The van der Waals surface area contributed by atoms with Crippen LogP contribution >= 0.6 is 11.6 Å². The average molecular weight is 642 g/mol. The van der Waals surface area contributed by atoms with Crippen LogP contribution in [0.1, 0.15) is 92.1 Å². The fraction of sp³-hybridized carbons (Fsp3) is 0.750. The molecule has 4 fully saturated rings. The van der Waals surface area contributed by atoms with Gasteiger partial charge in [0.15, 0.2) is 0 Å². The minimum Gasteiger partial charge on any atom is -0.338 e. The van der Waals surface area contributed by atoms with E-state index in [1.54, 1.807) is 6.92 Å². The molecule has 5 rings (SSSR count). The highest BCUT2D eigenvalue weighted by Gasteiger charge is 2.50. The molecule has 0 spiro atoms. The van der Waals surface area contributed by atoms with Gasteiger partial charge in [0.1, 0.15) is 6.04 Å². The molecule has 8 nitrogen and oxygen atoms in total. The first kappa shape index (κ1) is 34.2. The summed E-state index contributed by atoms with van der Waals surface area (Å²) < 4.78 is 0. The van der Waals surface area contributed by atoms with Crippen molar-refractivity contribution in [1.29, 1.82) is 0 Å². The summed E-state index contributed by atoms with van der Waals surface area (Å²) in [5.41, 5.74) is 1.30. The third-order valence-electron chi connectivity index (χ3n) is 11.3. The van der Waals surface area contributed by atoms with E-state index in [1.165, 1.54) is 0 Å². The van der Waals surface area contributed by atoms with Gasteiger partial charge in [0, 0.05) is 75.3 Å². The minimum absolute atomic E-state index is 0.00128. The van der Waals surface area contributed by atoms with Gasteiger partial charge < -0.3 is 19.6 Å². The molecule has 1 aromatic carbocycles. The van der Waals surface area contributed by atoms with Crippen LogP contribution in [0, 0.1) is 11.3 Å². The maximum atomic E-state index is 14.9. The predicted molar refractivity (Wildman–Crippen MR) is 180 cm³/mol. The summed E-state index contributed by atoms with van der Waals surface area (Å²) in [6.07, 6.45) is 4.61. The van der Waals surface area contributed by atoms with Gasteiger partial charge in [0.2, 0.25) is 17.7 Å². The Morgan fingerprint density at radius 3 is 2.09 bits per heavy atom. The van der Waals surface area contributed by atoms with Crippen molar-refractivity contribution in [1.82, 2.24) is 24.5 Å². The van der Waals surface area contributed by atoms with Gasteiger partial charge in [-0.25, -0.2) is 0 Å². The standard InChI is InChI=1S/C36H56ClN5O3/c1-8-38-17-19-39(20-18-38)34(45)32-21-29(42(25(2)43)28-13-15-36(6,7)16-14-28)22-41(32)33(44)31-24-40(35(3,4)5)23-30(31)26-9-11-27(37)12-10-26/h9-12,28-32H,8,13-24H2,1-7H3/t29-,30-,31+,32-/m0/s1. The highest BCUT2D eigenvalue weighted by atomic mass is 35.5. The molecule has 4 atom stereocenters. The Morgan fingerprint density at radius 2 is 1.53 bits per heavy atom. The molecule has 3 heterocycles. The molecule has 0 bridgehead atoms. The number of hydrogen-bond donors (Lipinski definition) is 0. The molecule has 1 aromatic rings. The molecule has 4 aliphatic rings. The molecular formula is C36H56ClN5O3. The van der Waals surface area contributed by atoms with E-state index in [9.17, 15) is 14.4 Å². The summed E-state index contributed by atoms with van der Waals surface area (Å²) >= 11 is 6.26. The Hall–Kier alpha value is -2.16. The number of piperazine rings is 1. The molecule has 1 saturated carbocycles. The molecule has 3 aliphatic heterocycles. The van der Waals surface area contributed by atoms with Crippen molar-refractivity contribution in [3.63, 3.8) is 0 Å². The van der Waals surface area contributed by atoms with Gasteiger partial charge in [-0.3, -0.25) is 19.3 Å². The van der Waals surface area contributed by atoms with E-state index in [-0.39, 0.29) is 52.6 Å². The van der Waals surface area contributed by atoms with Crippen molar-refractivity contribution >= 4 is 29.3 Å². The zero-order chi connectivity index (χ0) is 32.7. The zero-order valence-electron chi connectivity index (χ0n) is 28.7. The molecule has 0 unspecified atom stereocenters. The topological polar surface area (TPSA) is 67.4 Å². The van der Waals surface area contributed by atoms with Crippen LogP contribution in [-0.2, 0) is 14.4 Å². The SMILES string of the molecule is CCN1CCN(C(=O)[C@@H]2C[C@H](N(C(C)=O)C3CCC(C)(C)CC3)CN2C(=O)[C@@H]2CN(C(C)(C)C)C[C@H]2c2ccc(Cl)cc2)CC1. The zero-order valence-corrected chi connectivity index (χ0v) is 29.5. The Bertz CT molecular complexity index is 1210. The number of likely N-dealkylation sites (tertiary alicyclic amines) is 2. The van der Waals surface area contributed by atoms with Crippen molar-refractivity contribution in [2.24, 2.45) is 11.3 Å². The number of rotatable bonds is 6. The molecule has 45 heavy (non-hydrogen) atoms. The number of carbonyl (C=O) groups is 3. The second-order valence-electron chi connectivity index (χ2n) is 15.8. The quantitative estimate of drug-likeness (QED) is 0.432. The fourth-order valence-corrected chi connectivity index (χ4v) is 8.45. The first-order valence-corrected chi connectivity index (χ1v) is 17.7. The first-order chi connectivity index (χ1) is 21.2. The molecule has 3 amide bonds. The van der Waals surface area contributed by atoms with Crippen LogP contribution in [0.4, 0.5) is 0 Å². The summed E-state index contributed by atoms with van der Waals surface area (Å²) in [6, 6.07) is 7.35. The molecule has 0 N–H and O–H groups in total. The van der Waals surface area contributed by atoms with Crippen LogP contribution in [0.25, 0.3) is 0 Å². The Morgan fingerprint density at radius 1 is 0.911 bits per heavy atom. The van der Waals surface area contributed by atoms with E-state index in [0.717, 1.165) is 57.4 Å². The summed E-state index contributed by atoms with van der Waals surface area (Å²) in [4.78, 5) is 53.2. The summed E-state index contributed by atoms with van der Waals surface area (Å²) in [6.45, 7) is 20.9. The van der Waals surface area contributed by atoms with E-state index in [2.05, 4.69) is 56.2 Å². The van der Waals surface area contributed by atoms with Crippen LogP contribution in [-0.4, -0.2) is 118 Å². The first-order valence-electron chi connectivity index (χ1n) is 17.3. The molecule has 3 saturated heterocycles. The third kappa shape index (κ3) is 7.54. The summed E-state index contributed by atoms with van der Waals surface area (Å²) in [5.74, 6) is -0.133. The average Bonchev–Trinajstić information content (AvgIpc) is 3.64. The van der Waals surface area contributed by atoms with E-state index in [4.69, 9.17) is 11.6 Å². The van der Waals surface area contributed by atoms with Crippen molar-refractivity contribution in [2.45, 2.75) is 110 Å². The molecule has 0 aromatic heterocycles. The minimum atomic E-state index is -0.549. The van der Waals surface area contributed by atoms with Crippen LogP contribution in [0.3, 0.4) is 0 Å². The van der Waals surface area contributed by atoms with Crippen molar-refractivity contribution in [3.8, 4) is 0 Å². The number of benzene rings is 1. The van der Waals surface area contributed by atoms with E-state index >= 15 is 0 Å². The van der Waals surface area contributed by atoms with Crippen LogP contribution in [0.5, 0.6) is 0 Å². The van der Waals surface area contributed by atoms with Gasteiger partial charge >= 0.3 is 0 Å². The highest BCUT2D eigenvalue weighted by molar-refractivity contribution is 6.30. The van der Waals surface area contributed by atoms with Gasteiger partial charge in [0.25, 0.3) is 0 Å². The maximum Gasteiger partial charge on any atom is 0.245 e. The molecule has 9 heteroatoms. The van der Waals surface area contributed by atoms with Crippen molar-refractivity contribution in [3.05, 3.63) is 34.9 Å². The molecule has 250 valence electrons. The van der Waals surface area contributed by atoms with Gasteiger partial charge in [-0.05, 0) is 82.5 Å². The lowest BCUT2D eigenvalue weighted by Crippen LogP contribution is -2.55. The van der Waals surface area contributed by atoms with Crippen LogP contribution < -0.4 is 0 Å². The van der Waals surface area contributed by atoms with E-state index in [0.29, 0.717) is 37.6 Å². The normalized spacial score (nSPS) is 28.4. The van der Waals surface area contributed by atoms with Gasteiger partial charge in [-0.2, -0.15) is 0 Å². The molecule has 0 radical (unpaired) electrons. The summed E-state index contributed by atoms with van der Waals surface area (Å²) in [7, 11) is 0. The molecular weight excluding hydrogens is 586 g/mol. The van der Waals surface area contributed by atoms with Crippen LogP contribution in [0.15, 0.2) is 24.3 Å². The number of amides is 3. The lowest BCUT2D eigenvalue weighted by molar-refractivity contribution is -0.147. The number of hydrogen-bond acceptors (Lipinski definition) is 5. The number of halogens is 1. The monoisotopic (exact) mass is 641 g/mol. The van der Waals surface area contributed by atoms with E-state index < -0.39 is 6.04 Å². The second-order valence-corrected chi connectivity index (χ2v) is 16.3. The molecule has 1 aliphatic carbocycles. The Kier molecular flexibility index (Phi) is 10.3. The van der Waals surface area contributed by atoms with E-state index in [1.807, 2.05) is 34.1 Å². The summed E-state index contributed by atoms with van der Waals surface area (Å²) in [5, 5.41) is 0.680. The smallest absolute Gasteiger partial charge is 0.245 e. The predicted octanol–water partition coefficient (Wildman–Crippen LogP) is 5.10. The van der Waals surface area contributed by atoms with Gasteiger partial charge in [-0.15, -0.1) is 0 Å². The van der Waals surface area contributed by atoms with Gasteiger partial charge in [-0.1, -0.05) is 44.5 Å². The highest BCUT2D eigenvalue weighted by Crippen LogP contribution is 2.41. The fourth-order valence-electron chi connectivity index (χ4n) is 8.33.